The minimum absolute atomic E-state index is 0.0152. The van der Waals surface area contributed by atoms with E-state index in [4.69, 9.17) is 0 Å². The average molecular weight is 1210 g/mol. The third-order valence-electron chi connectivity index (χ3n) is 22.6. The van der Waals surface area contributed by atoms with Crippen LogP contribution in [0.2, 0.25) is 0 Å². The van der Waals surface area contributed by atoms with Gasteiger partial charge in [0.15, 0.2) is 0 Å². The largest absolute Gasteiger partial charge is 0.367 e. The highest BCUT2D eigenvalue weighted by molar-refractivity contribution is 6.30. The van der Waals surface area contributed by atoms with E-state index < -0.39 is 0 Å². The van der Waals surface area contributed by atoms with Gasteiger partial charge in [-0.25, -0.2) is 0 Å². The lowest BCUT2D eigenvalue weighted by Gasteiger charge is -2.38. The van der Waals surface area contributed by atoms with Crippen molar-refractivity contribution in [3.8, 4) is 11.1 Å². The van der Waals surface area contributed by atoms with E-state index in [1.54, 1.807) is 0 Å². The van der Waals surface area contributed by atoms with E-state index in [-0.39, 0.29) is 17.5 Å². The highest BCUT2D eigenvalue weighted by Gasteiger charge is 2.51. The molecule has 12 aromatic carbocycles. The minimum atomic E-state index is -0.253. The maximum absolute atomic E-state index is 2.65. The van der Waals surface area contributed by atoms with Crippen molar-refractivity contribution >= 4 is 94.9 Å². The molecule has 94 heavy (non-hydrogen) atoms. The van der Waals surface area contributed by atoms with Gasteiger partial charge < -0.3 is 19.6 Å². The summed E-state index contributed by atoms with van der Waals surface area (Å²) in [5.41, 5.74) is 39.1. The molecule has 2 atom stereocenters. The van der Waals surface area contributed by atoms with Crippen molar-refractivity contribution < 1.29 is 0 Å². The summed E-state index contributed by atoms with van der Waals surface area (Å²) in [6, 6.07) is 96.5. The lowest BCUT2D eigenvalue weighted by atomic mass is 9.75. The smallest absolute Gasteiger partial charge is 0.0741 e. The maximum atomic E-state index is 2.65. The topological polar surface area (TPSA) is 13.0 Å². The molecule has 454 valence electrons. The highest BCUT2D eigenvalue weighted by Crippen LogP contribution is 2.67. The molecule has 6 aliphatic rings. The van der Waals surface area contributed by atoms with Gasteiger partial charge >= 0.3 is 0 Å². The van der Waals surface area contributed by atoms with Gasteiger partial charge in [-0.2, -0.15) is 0 Å². The van der Waals surface area contributed by atoms with E-state index in [1.165, 1.54) is 155 Å². The Labute approximate surface area is 553 Å². The molecule has 0 aromatic heterocycles. The lowest BCUT2D eigenvalue weighted by molar-refractivity contribution is 0.637. The average Bonchev–Trinajstić information content (AvgIpc) is 1.50. The van der Waals surface area contributed by atoms with Gasteiger partial charge in [-0.05, 0) is 246 Å². The van der Waals surface area contributed by atoms with Gasteiger partial charge in [0.25, 0.3) is 0 Å². The molecule has 0 radical (unpaired) electrons. The highest BCUT2D eigenvalue weighted by atomic mass is 15.2. The summed E-state index contributed by atoms with van der Waals surface area (Å²) in [6.45, 7) is 14.7. The van der Waals surface area contributed by atoms with Crippen LogP contribution in [0.15, 0.2) is 272 Å². The first-order valence-electron chi connectivity index (χ1n) is 33.7. The van der Waals surface area contributed by atoms with Crippen molar-refractivity contribution in [1.82, 2.24) is 0 Å². The predicted molar refractivity (Wildman–Crippen MR) is 398 cm³/mol. The molecule has 2 heterocycles. The molecule has 4 aliphatic carbocycles. The summed E-state index contributed by atoms with van der Waals surface area (Å²) in [6.07, 6.45) is 2.62. The third-order valence-corrected chi connectivity index (χ3v) is 22.6. The van der Waals surface area contributed by atoms with Crippen LogP contribution in [0, 0.1) is 13.8 Å². The van der Waals surface area contributed by atoms with Gasteiger partial charge in [-0.3, -0.25) is 0 Å². The molecule has 4 heteroatoms. The van der Waals surface area contributed by atoms with E-state index in [1.807, 2.05) is 0 Å². The molecular weight excluding hydrogens is 1140 g/mol. The third kappa shape index (κ3) is 8.11. The number of hydrogen-bond donors (Lipinski definition) is 0. The molecule has 0 N–H and O–H groups in total. The SMILES string of the molecule is CC1=C(C)C(C)(C)c2c1cccc2C1=C(c2cccc3c2Cc2ccccc2-3)C(C2Cc3ccccc3N2C)=C2C1=C(C1Cc3ccccc3N1C)c1c(C)c(N(c3ccccc3)c3ccc4ccccc4c3)c(N(c3ccccc3)c3ccc4ccccc4c3)c(C)c12. The normalized spacial score (nSPS) is 17.1. The Kier molecular flexibility index (Phi) is 12.6. The fraction of sp³-hybridized carbons (Fsp3) is 0.156. The first kappa shape index (κ1) is 56.1. The Morgan fingerprint density at radius 3 is 1.39 bits per heavy atom. The Hall–Kier alpha value is -10.7. The zero-order valence-electron chi connectivity index (χ0n) is 54.8. The van der Waals surface area contributed by atoms with Crippen LogP contribution in [0.3, 0.4) is 0 Å². The second-order valence-electron chi connectivity index (χ2n) is 27.6. The number of para-hydroxylation sites is 4. The van der Waals surface area contributed by atoms with Crippen LogP contribution in [0.1, 0.15) is 94.5 Å². The molecule has 0 fully saturated rings. The quantitative estimate of drug-likeness (QED) is 0.135. The Balaban J connectivity index is 1.06. The minimum Gasteiger partial charge on any atom is -0.367 e. The van der Waals surface area contributed by atoms with E-state index in [0.717, 1.165) is 53.4 Å². The van der Waals surface area contributed by atoms with E-state index in [2.05, 4.69) is 330 Å². The summed E-state index contributed by atoms with van der Waals surface area (Å²) in [7, 11) is 4.77. The monoisotopic (exact) mass is 1210 g/mol. The summed E-state index contributed by atoms with van der Waals surface area (Å²) < 4.78 is 0. The van der Waals surface area contributed by atoms with Gasteiger partial charge in [0.1, 0.15) is 0 Å². The number of nitrogens with zero attached hydrogens (tertiary/aromatic N) is 4. The van der Waals surface area contributed by atoms with Crippen LogP contribution in [0.25, 0.3) is 60.5 Å². The molecule has 0 saturated carbocycles. The van der Waals surface area contributed by atoms with Crippen LogP contribution in [0.5, 0.6) is 0 Å². The number of likely N-dealkylation sites (N-methyl/N-ethyl adjacent to an activating group) is 2. The fourth-order valence-electron chi connectivity index (χ4n) is 17.9. The van der Waals surface area contributed by atoms with Crippen LogP contribution >= 0.6 is 0 Å². The van der Waals surface area contributed by atoms with Crippen molar-refractivity contribution in [2.45, 2.75) is 78.3 Å². The van der Waals surface area contributed by atoms with Gasteiger partial charge in [-0.15, -0.1) is 0 Å². The molecule has 4 nitrogen and oxygen atoms in total. The van der Waals surface area contributed by atoms with E-state index in [9.17, 15) is 0 Å². The molecule has 0 bridgehead atoms. The summed E-state index contributed by atoms with van der Waals surface area (Å²) in [5, 5.41) is 4.82. The Morgan fingerprint density at radius 1 is 0.362 bits per heavy atom. The zero-order valence-corrected chi connectivity index (χ0v) is 54.8. The molecule has 2 aliphatic heterocycles. The van der Waals surface area contributed by atoms with Crippen LogP contribution in [0.4, 0.5) is 45.5 Å². The van der Waals surface area contributed by atoms with Crippen molar-refractivity contribution in [3.05, 3.63) is 338 Å². The first-order chi connectivity index (χ1) is 45.9. The Morgan fingerprint density at radius 2 is 0.819 bits per heavy atom. The second-order valence-corrected chi connectivity index (χ2v) is 27.6. The van der Waals surface area contributed by atoms with Crippen molar-refractivity contribution in [2.75, 3.05) is 33.7 Å². The van der Waals surface area contributed by atoms with E-state index in [0.29, 0.717) is 0 Å². The van der Waals surface area contributed by atoms with Gasteiger partial charge in [0, 0.05) is 53.6 Å². The van der Waals surface area contributed by atoms with E-state index >= 15 is 0 Å². The number of anilines is 8. The maximum Gasteiger partial charge on any atom is 0.0741 e. The van der Waals surface area contributed by atoms with Crippen LogP contribution < -0.4 is 19.6 Å². The number of allylic oxidation sites excluding steroid dienone is 5. The second kappa shape index (κ2) is 21.2. The van der Waals surface area contributed by atoms with Gasteiger partial charge in [0.05, 0.1) is 23.5 Å². The molecule has 12 aromatic rings. The summed E-state index contributed by atoms with van der Waals surface area (Å²) in [4.78, 5) is 10.5. The van der Waals surface area contributed by atoms with Crippen molar-refractivity contribution in [1.29, 1.82) is 0 Å². The van der Waals surface area contributed by atoms with Crippen LogP contribution in [-0.2, 0) is 24.7 Å². The first-order valence-corrected chi connectivity index (χ1v) is 33.7. The molecule has 0 amide bonds. The number of benzene rings is 12. The van der Waals surface area contributed by atoms with Crippen molar-refractivity contribution in [3.63, 3.8) is 0 Å². The predicted octanol–water partition coefficient (Wildman–Crippen LogP) is 22.5. The lowest BCUT2D eigenvalue weighted by Crippen LogP contribution is -2.31. The molecule has 18 rings (SSSR count). The molecule has 2 unspecified atom stereocenters. The fourth-order valence-corrected chi connectivity index (χ4v) is 17.9. The van der Waals surface area contributed by atoms with Crippen LogP contribution in [-0.4, -0.2) is 26.2 Å². The number of fused-ring (bicyclic) bond motifs is 11. The molecule has 0 saturated heterocycles. The van der Waals surface area contributed by atoms with Gasteiger partial charge in [-0.1, -0.05) is 214 Å². The molecular formula is C90H74N4. The number of hydrogen-bond acceptors (Lipinski definition) is 4. The standard InChI is InChI=1S/C90H74N4/c1-54-57(4)90(5,6)87-69(54)39-25-42-73(87)82-81(72-41-26-40-71-70-38-22-19-31-62(70)51-74(71)72)84(78-53-64-33-21-24-44-76(64)92(78)8)85-80-56(3)89(94(66-36-13-10-14-37-66)68-48-46-59-28-16-18-30-61(59)50-68)88(55(2)79(80)83(86(82)85)77-52-63-32-20-23-43-75(63)91(77)7)93(65-34-11-9-12-35-65)67-47-45-58-27-15-17-29-60(58)49-67/h9-50,77-78H,51-53H2,1-8H3. The Bertz CT molecular complexity index is 5360. The summed E-state index contributed by atoms with van der Waals surface area (Å²) >= 11 is 0. The zero-order chi connectivity index (χ0) is 63.4. The molecule has 0 spiro atoms. The summed E-state index contributed by atoms with van der Waals surface area (Å²) in [5.74, 6) is 0. The van der Waals surface area contributed by atoms with Crippen molar-refractivity contribution in [2.24, 2.45) is 0 Å². The van der Waals surface area contributed by atoms with Gasteiger partial charge in [0.2, 0.25) is 0 Å². The number of rotatable bonds is 10.